The molecule has 0 unspecified atom stereocenters. The minimum atomic E-state index is 0.402. The van der Waals surface area contributed by atoms with E-state index in [1.807, 2.05) is 42.7 Å². The van der Waals surface area contributed by atoms with Crippen LogP contribution in [0.4, 0.5) is 5.82 Å². The van der Waals surface area contributed by atoms with Crippen molar-refractivity contribution in [3.05, 3.63) is 52.1 Å². The SMILES string of the molecule is COc1ccc(CNc2nnc(Cl)c3cc(SC)ccc23)cc1Cl. The number of nitrogens with zero attached hydrogens (tertiary/aromatic N) is 2. The lowest BCUT2D eigenvalue weighted by molar-refractivity contribution is 0.415. The quantitative estimate of drug-likeness (QED) is 0.611. The lowest BCUT2D eigenvalue weighted by Gasteiger charge is -2.11. The number of aromatic nitrogens is 2. The van der Waals surface area contributed by atoms with Crippen LogP contribution in [0, 0.1) is 0 Å². The van der Waals surface area contributed by atoms with Gasteiger partial charge in [-0.15, -0.1) is 22.0 Å². The van der Waals surface area contributed by atoms with Crippen LogP contribution in [0.25, 0.3) is 10.8 Å². The van der Waals surface area contributed by atoms with Crippen LogP contribution in [0.5, 0.6) is 5.75 Å². The molecule has 0 aliphatic carbocycles. The van der Waals surface area contributed by atoms with Gasteiger partial charge in [0.25, 0.3) is 0 Å². The average molecular weight is 380 g/mol. The van der Waals surface area contributed by atoms with Gasteiger partial charge in [-0.05, 0) is 42.2 Å². The van der Waals surface area contributed by atoms with Gasteiger partial charge in [-0.25, -0.2) is 0 Å². The molecule has 0 aliphatic rings. The molecule has 3 aromatic rings. The molecule has 0 aliphatic heterocycles. The molecule has 4 nitrogen and oxygen atoms in total. The first kappa shape index (κ1) is 17.1. The summed E-state index contributed by atoms with van der Waals surface area (Å²) in [6, 6.07) is 11.7. The second-order valence-electron chi connectivity index (χ2n) is 5.07. The Labute approximate surface area is 154 Å². The zero-order valence-corrected chi connectivity index (χ0v) is 15.5. The van der Waals surface area contributed by atoms with Gasteiger partial charge in [0.15, 0.2) is 11.0 Å². The Morgan fingerprint density at radius 1 is 1.08 bits per heavy atom. The highest BCUT2D eigenvalue weighted by molar-refractivity contribution is 7.98. The number of methoxy groups -OCH3 is 1. The van der Waals surface area contributed by atoms with E-state index >= 15 is 0 Å². The molecule has 1 aromatic heterocycles. The number of hydrogen-bond acceptors (Lipinski definition) is 5. The number of thioether (sulfide) groups is 1. The van der Waals surface area contributed by atoms with Crippen LogP contribution in [0.15, 0.2) is 41.3 Å². The van der Waals surface area contributed by atoms with Crippen LogP contribution in [0.3, 0.4) is 0 Å². The van der Waals surface area contributed by atoms with Crippen molar-refractivity contribution in [1.29, 1.82) is 0 Å². The third-order valence-corrected chi connectivity index (χ3v) is 4.92. The van der Waals surface area contributed by atoms with Crippen LogP contribution in [0.1, 0.15) is 5.56 Å². The molecule has 7 heteroatoms. The van der Waals surface area contributed by atoms with Gasteiger partial charge >= 0.3 is 0 Å². The molecule has 3 rings (SSSR count). The third kappa shape index (κ3) is 3.53. The molecule has 0 bridgehead atoms. The first-order chi connectivity index (χ1) is 11.6. The molecule has 0 amide bonds. The van der Waals surface area contributed by atoms with E-state index in [-0.39, 0.29) is 0 Å². The van der Waals surface area contributed by atoms with E-state index in [0.29, 0.717) is 28.3 Å². The number of anilines is 1. The van der Waals surface area contributed by atoms with E-state index in [2.05, 4.69) is 15.5 Å². The third-order valence-electron chi connectivity index (χ3n) is 3.62. The van der Waals surface area contributed by atoms with E-state index in [0.717, 1.165) is 21.2 Å². The molecule has 0 spiro atoms. The van der Waals surface area contributed by atoms with Crippen LogP contribution in [0.2, 0.25) is 10.2 Å². The number of ether oxygens (including phenoxy) is 1. The van der Waals surface area contributed by atoms with Gasteiger partial charge in [-0.3, -0.25) is 0 Å². The molecule has 24 heavy (non-hydrogen) atoms. The average Bonchev–Trinajstić information content (AvgIpc) is 2.61. The monoisotopic (exact) mass is 379 g/mol. The summed E-state index contributed by atoms with van der Waals surface area (Å²) in [4.78, 5) is 1.13. The molecule has 124 valence electrons. The highest BCUT2D eigenvalue weighted by Crippen LogP contribution is 2.30. The smallest absolute Gasteiger partial charge is 0.159 e. The molecule has 1 N–H and O–H groups in total. The van der Waals surface area contributed by atoms with Crippen molar-refractivity contribution < 1.29 is 4.74 Å². The number of halogens is 2. The second-order valence-corrected chi connectivity index (χ2v) is 6.72. The number of hydrogen-bond donors (Lipinski definition) is 1. The topological polar surface area (TPSA) is 47.0 Å². The summed E-state index contributed by atoms with van der Waals surface area (Å²) in [6.45, 7) is 0.569. The lowest BCUT2D eigenvalue weighted by atomic mass is 10.1. The second kappa shape index (κ2) is 7.47. The molecule has 0 radical (unpaired) electrons. The van der Waals surface area contributed by atoms with Gasteiger partial charge in [0, 0.05) is 22.2 Å². The largest absolute Gasteiger partial charge is 0.495 e. The summed E-state index contributed by atoms with van der Waals surface area (Å²) in [5.41, 5.74) is 1.02. The number of nitrogens with one attached hydrogen (secondary N) is 1. The molecular formula is C17H15Cl2N3OS. The van der Waals surface area contributed by atoms with Crippen molar-refractivity contribution in [2.45, 2.75) is 11.4 Å². The summed E-state index contributed by atoms with van der Waals surface area (Å²) in [5, 5.41) is 14.3. The van der Waals surface area contributed by atoms with Crippen molar-refractivity contribution in [3.8, 4) is 5.75 Å². The molecule has 1 heterocycles. The first-order valence-electron chi connectivity index (χ1n) is 7.18. The van der Waals surface area contributed by atoms with Gasteiger partial charge in [-0.1, -0.05) is 29.3 Å². The number of fused-ring (bicyclic) bond motifs is 1. The highest BCUT2D eigenvalue weighted by atomic mass is 35.5. The summed E-state index contributed by atoms with van der Waals surface area (Å²) >= 11 is 14.0. The molecule has 0 saturated carbocycles. The van der Waals surface area contributed by atoms with Crippen molar-refractivity contribution in [1.82, 2.24) is 10.2 Å². The first-order valence-corrected chi connectivity index (χ1v) is 9.16. The standard InChI is InChI=1S/C17H15Cl2N3OS/c1-23-15-6-3-10(7-14(15)18)9-20-17-12-5-4-11(24-2)8-13(12)16(19)21-22-17/h3-8H,9H2,1-2H3,(H,20,22). The van der Waals surface area contributed by atoms with E-state index in [1.165, 1.54) is 0 Å². The maximum atomic E-state index is 6.19. The summed E-state index contributed by atoms with van der Waals surface area (Å²) in [7, 11) is 1.59. The predicted molar refractivity (Wildman–Crippen MR) is 102 cm³/mol. The normalized spacial score (nSPS) is 10.8. The Morgan fingerprint density at radius 2 is 1.92 bits per heavy atom. The predicted octanol–water partition coefficient (Wildman–Crippen LogP) is 5.28. The van der Waals surface area contributed by atoms with Gasteiger partial charge in [0.05, 0.1) is 12.1 Å². The molecular weight excluding hydrogens is 365 g/mol. The maximum absolute atomic E-state index is 6.19. The van der Waals surface area contributed by atoms with Crippen molar-refractivity contribution in [2.75, 3.05) is 18.7 Å². The fourth-order valence-corrected chi connectivity index (χ4v) is 3.28. The van der Waals surface area contributed by atoms with E-state index in [1.54, 1.807) is 18.9 Å². The Bertz CT molecular complexity index is 889. The zero-order valence-electron chi connectivity index (χ0n) is 13.1. The van der Waals surface area contributed by atoms with Crippen LogP contribution >= 0.6 is 35.0 Å². The summed E-state index contributed by atoms with van der Waals surface area (Å²) in [5.74, 6) is 1.34. The minimum Gasteiger partial charge on any atom is -0.495 e. The molecule has 2 aromatic carbocycles. The fourth-order valence-electron chi connectivity index (χ4n) is 2.37. The van der Waals surface area contributed by atoms with Gasteiger partial charge in [0.1, 0.15) is 5.75 Å². The van der Waals surface area contributed by atoms with Crippen LogP contribution in [-0.2, 0) is 6.54 Å². The van der Waals surface area contributed by atoms with Crippen molar-refractivity contribution in [2.24, 2.45) is 0 Å². The lowest BCUT2D eigenvalue weighted by Crippen LogP contribution is -2.03. The van der Waals surface area contributed by atoms with Gasteiger partial charge in [0.2, 0.25) is 0 Å². The van der Waals surface area contributed by atoms with Gasteiger partial charge < -0.3 is 10.1 Å². The van der Waals surface area contributed by atoms with Crippen LogP contribution < -0.4 is 10.1 Å². The van der Waals surface area contributed by atoms with E-state index in [9.17, 15) is 0 Å². The Morgan fingerprint density at radius 3 is 2.62 bits per heavy atom. The van der Waals surface area contributed by atoms with E-state index < -0.39 is 0 Å². The number of rotatable bonds is 5. The Hall–Kier alpha value is -1.69. The van der Waals surface area contributed by atoms with Crippen LogP contribution in [-0.4, -0.2) is 23.6 Å². The highest BCUT2D eigenvalue weighted by Gasteiger charge is 2.09. The zero-order chi connectivity index (χ0) is 17.1. The summed E-state index contributed by atoms with van der Waals surface area (Å²) < 4.78 is 5.16. The molecule has 0 saturated heterocycles. The number of benzene rings is 2. The minimum absolute atomic E-state index is 0.402. The maximum Gasteiger partial charge on any atom is 0.159 e. The van der Waals surface area contributed by atoms with Gasteiger partial charge in [-0.2, -0.15) is 0 Å². The Kier molecular flexibility index (Phi) is 5.33. The fraction of sp³-hybridized carbons (Fsp3) is 0.176. The molecule has 0 atom stereocenters. The van der Waals surface area contributed by atoms with E-state index in [4.69, 9.17) is 27.9 Å². The van der Waals surface area contributed by atoms with Crippen molar-refractivity contribution in [3.63, 3.8) is 0 Å². The summed E-state index contributed by atoms with van der Waals surface area (Å²) in [6.07, 6.45) is 2.02. The molecule has 0 fully saturated rings. The van der Waals surface area contributed by atoms with Crippen molar-refractivity contribution >= 4 is 51.6 Å². The Balaban J connectivity index is 1.88.